The van der Waals surface area contributed by atoms with Gasteiger partial charge in [-0.2, -0.15) is 0 Å². The molecule has 27 heavy (non-hydrogen) atoms. The van der Waals surface area contributed by atoms with Gasteiger partial charge in [0.15, 0.2) is 0 Å². The van der Waals surface area contributed by atoms with Crippen LogP contribution in [0.5, 0.6) is 0 Å². The molecule has 1 atom stereocenters. The van der Waals surface area contributed by atoms with E-state index in [0.717, 1.165) is 23.3 Å². The molecule has 0 fully saturated rings. The maximum atomic E-state index is 12.5. The third kappa shape index (κ3) is 4.83. The number of thiophene rings is 1. The Balaban J connectivity index is 1.80. The average Bonchev–Trinajstić information content (AvgIpc) is 3.18. The SMILES string of the molecule is CCCc1ccc([C@H](NC(=O)Cn2ccc(=O)[nH]c2=O)c2cccs2)cc1. The molecule has 6 nitrogen and oxygen atoms in total. The largest absolute Gasteiger partial charge is 0.343 e. The molecule has 0 aliphatic rings. The van der Waals surface area contributed by atoms with E-state index in [2.05, 4.69) is 29.4 Å². The van der Waals surface area contributed by atoms with E-state index in [1.165, 1.54) is 22.4 Å². The van der Waals surface area contributed by atoms with E-state index in [1.807, 2.05) is 29.6 Å². The van der Waals surface area contributed by atoms with Crippen molar-refractivity contribution < 1.29 is 4.79 Å². The minimum atomic E-state index is -0.603. The zero-order valence-corrected chi connectivity index (χ0v) is 15.8. The van der Waals surface area contributed by atoms with Crippen LogP contribution in [0.4, 0.5) is 0 Å². The number of aromatic amines is 1. The number of H-pyrrole nitrogens is 1. The van der Waals surface area contributed by atoms with Crippen molar-refractivity contribution in [2.24, 2.45) is 0 Å². The van der Waals surface area contributed by atoms with Crippen LogP contribution in [0.2, 0.25) is 0 Å². The number of hydrogen-bond acceptors (Lipinski definition) is 4. The van der Waals surface area contributed by atoms with Gasteiger partial charge in [0.25, 0.3) is 5.56 Å². The van der Waals surface area contributed by atoms with Gasteiger partial charge in [0.2, 0.25) is 5.91 Å². The molecule has 0 radical (unpaired) electrons. The molecule has 1 aromatic carbocycles. The predicted molar refractivity (Wildman–Crippen MR) is 106 cm³/mol. The van der Waals surface area contributed by atoms with Crippen LogP contribution in [0.1, 0.15) is 35.4 Å². The molecular formula is C20H21N3O3S. The zero-order valence-electron chi connectivity index (χ0n) is 15.0. The first kappa shape index (κ1) is 18.8. The maximum absolute atomic E-state index is 12.5. The molecular weight excluding hydrogens is 362 g/mol. The highest BCUT2D eigenvalue weighted by molar-refractivity contribution is 7.10. The molecule has 2 aromatic heterocycles. The van der Waals surface area contributed by atoms with Gasteiger partial charge in [-0.25, -0.2) is 4.79 Å². The molecule has 3 rings (SSSR count). The standard InChI is InChI=1S/C20H21N3O3S/c1-2-4-14-6-8-15(9-7-14)19(16-5-3-12-27-16)21-18(25)13-23-11-10-17(24)22-20(23)26/h3,5-12,19H,2,4,13H2,1H3,(H,21,25)(H,22,24,26)/t19-/m0/s1. The number of amides is 1. The molecule has 0 aliphatic heterocycles. The van der Waals surface area contributed by atoms with Gasteiger partial charge in [-0.05, 0) is 29.0 Å². The van der Waals surface area contributed by atoms with Crippen LogP contribution in [0.3, 0.4) is 0 Å². The summed E-state index contributed by atoms with van der Waals surface area (Å²) in [6.07, 6.45) is 3.42. The molecule has 0 bridgehead atoms. The van der Waals surface area contributed by atoms with E-state index in [1.54, 1.807) is 11.3 Å². The van der Waals surface area contributed by atoms with Gasteiger partial charge >= 0.3 is 5.69 Å². The fraction of sp³-hybridized carbons (Fsp3) is 0.250. The van der Waals surface area contributed by atoms with Crippen LogP contribution in [-0.2, 0) is 17.8 Å². The first-order valence-corrected chi connectivity index (χ1v) is 9.66. The van der Waals surface area contributed by atoms with Gasteiger partial charge in [0.05, 0.1) is 6.04 Å². The van der Waals surface area contributed by atoms with Crippen LogP contribution in [0, 0.1) is 0 Å². The molecule has 2 N–H and O–H groups in total. The molecule has 2 heterocycles. The Labute approximate surface area is 160 Å². The summed E-state index contributed by atoms with van der Waals surface area (Å²) >= 11 is 1.56. The molecule has 0 saturated carbocycles. The van der Waals surface area contributed by atoms with Gasteiger partial charge in [-0.3, -0.25) is 19.1 Å². The monoisotopic (exact) mass is 383 g/mol. The Hall–Kier alpha value is -2.93. The van der Waals surface area contributed by atoms with Crippen molar-refractivity contribution >= 4 is 17.2 Å². The highest BCUT2D eigenvalue weighted by atomic mass is 32.1. The van der Waals surface area contributed by atoms with E-state index < -0.39 is 11.2 Å². The van der Waals surface area contributed by atoms with Crippen molar-refractivity contribution in [2.45, 2.75) is 32.4 Å². The molecule has 0 spiro atoms. The number of hydrogen-bond donors (Lipinski definition) is 2. The van der Waals surface area contributed by atoms with E-state index in [9.17, 15) is 14.4 Å². The number of carbonyl (C=O) groups excluding carboxylic acids is 1. The van der Waals surface area contributed by atoms with Gasteiger partial charge in [-0.1, -0.05) is 43.7 Å². The van der Waals surface area contributed by atoms with Crippen LogP contribution >= 0.6 is 11.3 Å². The van der Waals surface area contributed by atoms with Gasteiger partial charge in [0, 0.05) is 17.1 Å². The van der Waals surface area contributed by atoms with Crippen molar-refractivity contribution in [3.63, 3.8) is 0 Å². The van der Waals surface area contributed by atoms with Crippen molar-refractivity contribution in [3.8, 4) is 0 Å². The van der Waals surface area contributed by atoms with Crippen LogP contribution < -0.4 is 16.6 Å². The summed E-state index contributed by atoms with van der Waals surface area (Å²) < 4.78 is 1.17. The lowest BCUT2D eigenvalue weighted by atomic mass is 10.0. The summed E-state index contributed by atoms with van der Waals surface area (Å²) in [5, 5.41) is 4.96. The summed E-state index contributed by atoms with van der Waals surface area (Å²) in [5.41, 5.74) is 1.16. The second kappa shape index (κ2) is 8.64. The molecule has 0 saturated heterocycles. The fourth-order valence-electron chi connectivity index (χ4n) is 2.87. The smallest absolute Gasteiger partial charge is 0.328 e. The van der Waals surface area contributed by atoms with Crippen molar-refractivity contribution in [3.05, 3.63) is 90.9 Å². The Kier molecular flexibility index (Phi) is 6.03. The topological polar surface area (TPSA) is 84.0 Å². The van der Waals surface area contributed by atoms with Gasteiger partial charge in [0.1, 0.15) is 6.54 Å². The fourth-order valence-corrected chi connectivity index (χ4v) is 3.67. The minimum Gasteiger partial charge on any atom is -0.343 e. The minimum absolute atomic E-state index is 0.161. The normalized spacial score (nSPS) is 11.9. The molecule has 7 heteroatoms. The lowest BCUT2D eigenvalue weighted by Gasteiger charge is -2.19. The Morgan fingerprint density at radius 2 is 1.96 bits per heavy atom. The van der Waals surface area contributed by atoms with Crippen molar-refractivity contribution in [1.29, 1.82) is 0 Å². The number of aryl methyl sites for hydroxylation is 1. The summed E-state index contributed by atoms with van der Waals surface area (Å²) in [6, 6.07) is 13.1. The zero-order chi connectivity index (χ0) is 19.2. The predicted octanol–water partition coefficient (Wildman–Crippen LogP) is 2.46. The summed E-state index contributed by atoms with van der Waals surface area (Å²) in [5.74, 6) is -0.305. The summed E-state index contributed by atoms with van der Waals surface area (Å²) in [7, 11) is 0. The van der Waals surface area contributed by atoms with E-state index >= 15 is 0 Å². The van der Waals surface area contributed by atoms with Crippen molar-refractivity contribution in [1.82, 2.24) is 14.9 Å². The number of benzene rings is 1. The van der Waals surface area contributed by atoms with Gasteiger partial charge < -0.3 is 5.32 Å². The Bertz CT molecular complexity index is 1000. The molecule has 140 valence electrons. The van der Waals surface area contributed by atoms with Crippen LogP contribution in [0.25, 0.3) is 0 Å². The first-order chi connectivity index (χ1) is 13.1. The molecule has 0 unspecified atom stereocenters. The maximum Gasteiger partial charge on any atom is 0.328 e. The number of nitrogens with one attached hydrogen (secondary N) is 2. The summed E-state index contributed by atoms with van der Waals surface area (Å²) in [6.45, 7) is 1.98. The molecule has 0 aliphatic carbocycles. The third-order valence-electron chi connectivity index (χ3n) is 4.20. The van der Waals surface area contributed by atoms with E-state index in [0.29, 0.717) is 0 Å². The van der Waals surface area contributed by atoms with E-state index in [-0.39, 0.29) is 18.5 Å². The average molecular weight is 383 g/mol. The number of aromatic nitrogens is 2. The second-order valence-corrected chi connectivity index (χ2v) is 7.22. The quantitative estimate of drug-likeness (QED) is 0.657. The molecule has 1 amide bonds. The van der Waals surface area contributed by atoms with Gasteiger partial charge in [-0.15, -0.1) is 11.3 Å². The van der Waals surface area contributed by atoms with Crippen molar-refractivity contribution in [2.75, 3.05) is 0 Å². The molecule has 3 aromatic rings. The highest BCUT2D eigenvalue weighted by Gasteiger charge is 2.18. The number of rotatable bonds is 7. The first-order valence-electron chi connectivity index (χ1n) is 8.78. The van der Waals surface area contributed by atoms with Crippen LogP contribution in [-0.4, -0.2) is 15.5 Å². The lowest BCUT2D eigenvalue weighted by Crippen LogP contribution is -2.37. The van der Waals surface area contributed by atoms with E-state index in [4.69, 9.17) is 0 Å². The Morgan fingerprint density at radius 3 is 2.59 bits per heavy atom. The number of nitrogens with zero attached hydrogens (tertiary/aromatic N) is 1. The number of carbonyl (C=O) groups is 1. The summed E-state index contributed by atoms with van der Waals surface area (Å²) in [4.78, 5) is 38.6. The lowest BCUT2D eigenvalue weighted by molar-refractivity contribution is -0.122. The highest BCUT2D eigenvalue weighted by Crippen LogP contribution is 2.26. The van der Waals surface area contributed by atoms with Crippen LogP contribution in [0.15, 0.2) is 63.6 Å². The second-order valence-electron chi connectivity index (χ2n) is 6.25. The third-order valence-corrected chi connectivity index (χ3v) is 5.13. The Morgan fingerprint density at radius 1 is 1.19 bits per heavy atom.